The number of amidine groups is 1. The standard InChI is InChI=1S/C18H23N5O3/c1-2-11-7-16(20-8-14(11)19)22-18(26)23-5-3-4-12-6-13(9-24)15(10-25)21-17(12)23/h6-8,10,13,15,24H,2-5,9,19H2,1H3,(H,20,22,26). The zero-order valence-electron chi connectivity index (χ0n) is 14.7. The number of aliphatic imine (C=N–C) groups is 1. The minimum absolute atomic E-state index is 0.148. The summed E-state index contributed by atoms with van der Waals surface area (Å²) in [6.45, 7) is 2.34. The van der Waals surface area contributed by atoms with Crippen LogP contribution in [0.25, 0.3) is 0 Å². The highest BCUT2D eigenvalue weighted by atomic mass is 16.3. The van der Waals surface area contributed by atoms with Crippen LogP contribution >= 0.6 is 0 Å². The predicted molar refractivity (Wildman–Crippen MR) is 98.9 cm³/mol. The number of nitrogens with two attached hydrogens (primary N) is 1. The summed E-state index contributed by atoms with van der Waals surface area (Å²) < 4.78 is 0. The lowest BCUT2D eigenvalue weighted by Crippen LogP contribution is -2.47. The SMILES string of the molecule is CCc1cc(NC(=O)N2CCCC3=CC(CO)C(C=O)N=C32)ncc1N. The number of carbonyl (C=O) groups excluding carboxylic acids is 2. The van der Waals surface area contributed by atoms with Gasteiger partial charge in [-0.25, -0.2) is 9.78 Å². The molecule has 3 rings (SSSR count). The number of aromatic nitrogens is 1. The van der Waals surface area contributed by atoms with E-state index in [0.717, 1.165) is 30.4 Å². The molecular weight excluding hydrogens is 334 g/mol. The van der Waals surface area contributed by atoms with E-state index in [-0.39, 0.29) is 18.6 Å². The van der Waals surface area contributed by atoms with Crippen LogP contribution in [0.4, 0.5) is 16.3 Å². The molecule has 1 saturated heterocycles. The van der Waals surface area contributed by atoms with Crippen LogP contribution in [0.1, 0.15) is 25.3 Å². The smallest absolute Gasteiger partial charge is 0.328 e. The molecule has 4 N–H and O–H groups in total. The molecule has 0 aliphatic carbocycles. The summed E-state index contributed by atoms with van der Waals surface area (Å²) in [4.78, 5) is 34.1. The number of urea groups is 1. The summed E-state index contributed by atoms with van der Waals surface area (Å²) in [7, 11) is 0. The first kappa shape index (κ1) is 18.1. The topological polar surface area (TPSA) is 121 Å². The van der Waals surface area contributed by atoms with E-state index in [1.165, 1.54) is 11.1 Å². The van der Waals surface area contributed by atoms with E-state index in [0.29, 0.717) is 30.2 Å². The number of likely N-dealkylation sites (tertiary alicyclic amines) is 1. The number of aldehydes is 1. The van der Waals surface area contributed by atoms with Crippen molar-refractivity contribution >= 4 is 29.7 Å². The molecule has 3 heterocycles. The van der Waals surface area contributed by atoms with Gasteiger partial charge in [-0.1, -0.05) is 13.0 Å². The number of fused-ring (bicyclic) bond motifs is 1. The van der Waals surface area contributed by atoms with Crippen LogP contribution in [-0.4, -0.2) is 52.3 Å². The van der Waals surface area contributed by atoms with Crippen LogP contribution in [0, 0.1) is 5.92 Å². The molecule has 1 aromatic rings. The number of aliphatic hydroxyl groups is 1. The predicted octanol–water partition coefficient (Wildman–Crippen LogP) is 1.37. The first-order chi connectivity index (χ1) is 12.6. The van der Waals surface area contributed by atoms with E-state index in [1.807, 2.05) is 13.0 Å². The normalized spacial score (nSPS) is 22.2. The van der Waals surface area contributed by atoms with Gasteiger partial charge in [0.05, 0.1) is 18.5 Å². The van der Waals surface area contributed by atoms with Crippen molar-refractivity contribution in [2.24, 2.45) is 10.9 Å². The van der Waals surface area contributed by atoms with E-state index in [1.54, 1.807) is 6.07 Å². The molecule has 0 radical (unpaired) electrons. The second-order valence-electron chi connectivity index (χ2n) is 6.42. The van der Waals surface area contributed by atoms with E-state index >= 15 is 0 Å². The number of carbonyl (C=O) groups is 2. The van der Waals surface area contributed by atoms with Crippen molar-refractivity contribution in [3.05, 3.63) is 29.5 Å². The van der Waals surface area contributed by atoms with Crippen LogP contribution in [0.15, 0.2) is 28.9 Å². The number of aryl methyl sites for hydroxylation is 1. The molecule has 2 amide bonds. The number of anilines is 2. The average Bonchev–Trinajstić information content (AvgIpc) is 2.67. The second kappa shape index (κ2) is 7.65. The zero-order chi connectivity index (χ0) is 18.7. The third kappa shape index (κ3) is 3.45. The van der Waals surface area contributed by atoms with Gasteiger partial charge in [0.15, 0.2) is 0 Å². The molecule has 1 aromatic heterocycles. The average molecular weight is 357 g/mol. The Morgan fingerprint density at radius 2 is 2.35 bits per heavy atom. The number of amides is 2. The molecule has 138 valence electrons. The molecular formula is C18H23N5O3. The molecule has 2 aliphatic rings. The van der Waals surface area contributed by atoms with Gasteiger partial charge in [-0.3, -0.25) is 15.2 Å². The summed E-state index contributed by atoms with van der Waals surface area (Å²) in [5, 5.41) is 12.2. The Bertz CT molecular complexity index is 774. The number of nitrogens with zero attached hydrogens (tertiary/aromatic N) is 3. The molecule has 8 nitrogen and oxygen atoms in total. The van der Waals surface area contributed by atoms with Crippen molar-refractivity contribution in [3.8, 4) is 0 Å². The number of nitrogen functional groups attached to an aromatic ring is 1. The van der Waals surface area contributed by atoms with Crippen molar-refractivity contribution in [1.82, 2.24) is 9.88 Å². The lowest BCUT2D eigenvalue weighted by atomic mass is 9.91. The van der Waals surface area contributed by atoms with E-state index in [2.05, 4.69) is 15.3 Å². The van der Waals surface area contributed by atoms with Gasteiger partial charge in [-0.05, 0) is 36.5 Å². The Labute approximate surface area is 151 Å². The van der Waals surface area contributed by atoms with Crippen LogP contribution in [0.5, 0.6) is 0 Å². The Kier molecular flexibility index (Phi) is 5.32. The molecule has 2 unspecified atom stereocenters. The molecule has 2 atom stereocenters. The Balaban J connectivity index is 1.82. The van der Waals surface area contributed by atoms with Gasteiger partial charge in [0.25, 0.3) is 0 Å². The maximum atomic E-state index is 12.8. The maximum absolute atomic E-state index is 12.8. The van der Waals surface area contributed by atoms with Crippen molar-refractivity contribution in [1.29, 1.82) is 0 Å². The molecule has 0 bridgehead atoms. The summed E-state index contributed by atoms with van der Waals surface area (Å²) in [6.07, 6.45) is 6.40. The third-order valence-corrected chi connectivity index (χ3v) is 4.73. The van der Waals surface area contributed by atoms with Gasteiger partial charge in [0.1, 0.15) is 24.0 Å². The van der Waals surface area contributed by atoms with Crippen LogP contribution < -0.4 is 11.1 Å². The molecule has 2 aliphatic heterocycles. The van der Waals surface area contributed by atoms with Crippen molar-refractivity contribution < 1.29 is 14.7 Å². The van der Waals surface area contributed by atoms with Crippen LogP contribution in [0.3, 0.4) is 0 Å². The Hall–Kier alpha value is -2.74. The summed E-state index contributed by atoms with van der Waals surface area (Å²) in [5.74, 6) is 0.593. The van der Waals surface area contributed by atoms with E-state index < -0.39 is 6.04 Å². The molecule has 8 heteroatoms. The summed E-state index contributed by atoms with van der Waals surface area (Å²) >= 11 is 0. The highest BCUT2D eigenvalue weighted by molar-refractivity contribution is 6.11. The fourth-order valence-corrected chi connectivity index (χ4v) is 3.27. The summed E-state index contributed by atoms with van der Waals surface area (Å²) in [5.41, 5.74) is 8.25. The van der Waals surface area contributed by atoms with Gasteiger partial charge in [-0.15, -0.1) is 0 Å². The number of hydrogen-bond donors (Lipinski definition) is 3. The number of dihydropyridines is 1. The van der Waals surface area contributed by atoms with Gasteiger partial charge in [0, 0.05) is 12.5 Å². The van der Waals surface area contributed by atoms with Crippen molar-refractivity contribution in [3.63, 3.8) is 0 Å². The fourth-order valence-electron chi connectivity index (χ4n) is 3.27. The molecule has 0 aromatic carbocycles. The lowest BCUT2D eigenvalue weighted by molar-refractivity contribution is -0.109. The number of hydrogen-bond acceptors (Lipinski definition) is 6. The molecule has 0 saturated carbocycles. The number of rotatable bonds is 4. The van der Waals surface area contributed by atoms with Gasteiger partial charge >= 0.3 is 6.03 Å². The van der Waals surface area contributed by atoms with Gasteiger partial charge in [-0.2, -0.15) is 0 Å². The zero-order valence-corrected chi connectivity index (χ0v) is 14.7. The summed E-state index contributed by atoms with van der Waals surface area (Å²) in [6, 6.07) is 0.737. The van der Waals surface area contributed by atoms with Gasteiger partial charge < -0.3 is 15.6 Å². The minimum atomic E-state index is -0.673. The monoisotopic (exact) mass is 357 g/mol. The van der Waals surface area contributed by atoms with Crippen LogP contribution in [-0.2, 0) is 11.2 Å². The number of nitrogens with one attached hydrogen (secondary N) is 1. The van der Waals surface area contributed by atoms with Gasteiger partial charge in [0.2, 0.25) is 0 Å². The molecule has 1 fully saturated rings. The van der Waals surface area contributed by atoms with E-state index in [4.69, 9.17) is 5.73 Å². The fraction of sp³-hybridized carbons (Fsp3) is 0.444. The minimum Gasteiger partial charge on any atom is -0.397 e. The Morgan fingerprint density at radius 1 is 1.54 bits per heavy atom. The molecule has 26 heavy (non-hydrogen) atoms. The number of piperidine rings is 1. The van der Waals surface area contributed by atoms with Crippen molar-refractivity contribution in [2.75, 3.05) is 24.2 Å². The number of pyridine rings is 1. The van der Waals surface area contributed by atoms with Crippen LogP contribution in [0.2, 0.25) is 0 Å². The van der Waals surface area contributed by atoms with E-state index in [9.17, 15) is 14.7 Å². The Morgan fingerprint density at radius 3 is 3.04 bits per heavy atom. The first-order valence-electron chi connectivity index (χ1n) is 8.75. The highest BCUT2D eigenvalue weighted by Gasteiger charge is 2.33. The third-order valence-electron chi connectivity index (χ3n) is 4.73. The quantitative estimate of drug-likeness (QED) is 0.703. The number of aliphatic hydroxyl groups excluding tert-OH is 1. The first-order valence-corrected chi connectivity index (χ1v) is 8.75. The lowest BCUT2D eigenvalue weighted by Gasteiger charge is -2.34. The highest BCUT2D eigenvalue weighted by Crippen LogP contribution is 2.27. The maximum Gasteiger partial charge on any atom is 0.328 e. The van der Waals surface area contributed by atoms with Crippen molar-refractivity contribution in [2.45, 2.75) is 32.2 Å². The largest absolute Gasteiger partial charge is 0.397 e. The second-order valence-corrected chi connectivity index (χ2v) is 6.42. The molecule has 0 spiro atoms.